The van der Waals surface area contributed by atoms with Crippen molar-refractivity contribution in [2.45, 2.75) is 32.3 Å². The molecule has 0 unspecified atom stereocenters. The summed E-state index contributed by atoms with van der Waals surface area (Å²) in [5.74, 6) is 2.13. The molecule has 0 spiro atoms. The van der Waals surface area contributed by atoms with Gasteiger partial charge in [-0.05, 0) is 54.8 Å². The molecule has 0 aromatic heterocycles. The van der Waals surface area contributed by atoms with Crippen molar-refractivity contribution in [1.29, 1.82) is 0 Å². The second-order valence-electron chi connectivity index (χ2n) is 7.53. The molecule has 0 saturated carbocycles. The summed E-state index contributed by atoms with van der Waals surface area (Å²) in [4.78, 5) is 15.8. The summed E-state index contributed by atoms with van der Waals surface area (Å²) in [6.07, 6.45) is 0.720. The number of rotatable bonds is 8. The molecule has 0 radical (unpaired) electrons. The summed E-state index contributed by atoms with van der Waals surface area (Å²) >= 11 is 0. The van der Waals surface area contributed by atoms with Gasteiger partial charge in [0.15, 0.2) is 0 Å². The van der Waals surface area contributed by atoms with Crippen LogP contribution in [0.15, 0.2) is 48.5 Å². The highest BCUT2D eigenvalue weighted by Crippen LogP contribution is 2.27. The molecule has 1 atom stereocenters. The van der Waals surface area contributed by atoms with Gasteiger partial charge in [0.2, 0.25) is 5.91 Å². The molecule has 2 aromatic carbocycles. The molecule has 1 aliphatic rings. The van der Waals surface area contributed by atoms with Crippen LogP contribution < -0.4 is 14.4 Å². The van der Waals surface area contributed by atoms with Crippen LogP contribution >= 0.6 is 0 Å². The highest BCUT2D eigenvalue weighted by molar-refractivity contribution is 5.76. The molecular formula is C23H30N2O3. The molecule has 0 bridgehead atoms. The maximum absolute atomic E-state index is 11.9. The predicted molar refractivity (Wildman–Crippen MR) is 112 cm³/mol. The molecule has 1 saturated heterocycles. The monoisotopic (exact) mass is 382 g/mol. The molecule has 0 N–H and O–H groups in total. The molecular weight excluding hydrogens is 352 g/mol. The number of anilines is 1. The van der Waals surface area contributed by atoms with Crippen molar-refractivity contribution in [3.8, 4) is 11.5 Å². The van der Waals surface area contributed by atoms with E-state index in [-0.39, 0.29) is 17.9 Å². The highest BCUT2D eigenvalue weighted by Gasteiger charge is 2.28. The van der Waals surface area contributed by atoms with Crippen LogP contribution in [0.3, 0.4) is 0 Å². The molecule has 3 rings (SSSR count). The first kappa shape index (κ1) is 20.1. The lowest BCUT2D eigenvalue weighted by molar-refractivity contribution is -0.129. The molecule has 5 heteroatoms. The van der Waals surface area contributed by atoms with Gasteiger partial charge < -0.3 is 19.3 Å². The lowest BCUT2D eigenvalue weighted by Crippen LogP contribution is -2.54. The number of ether oxygens (including phenoxy) is 2. The Morgan fingerprint density at radius 3 is 2.25 bits per heavy atom. The van der Waals surface area contributed by atoms with Crippen molar-refractivity contribution >= 4 is 11.6 Å². The number of hydrogen-bond donors (Lipinski definition) is 0. The average Bonchev–Trinajstić information content (AvgIpc) is 2.66. The second kappa shape index (κ2) is 9.00. The number of hydrogen-bond acceptors (Lipinski definition) is 4. The SMILES string of the molecule is CCOc1ccc(N2CC(Oc3ccc([C@H](C)CC(=O)N(C)C)cc3)C2)cc1. The highest BCUT2D eigenvalue weighted by atomic mass is 16.5. The van der Waals surface area contributed by atoms with Crippen molar-refractivity contribution < 1.29 is 14.3 Å². The van der Waals surface area contributed by atoms with Crippen LogP contribution in [0.25, 0.3) is 0 Å². The van der Waals surface area contributed by atoms with E-state index in [4.69, 9.17) is 9.47 Å². The number of carbonyl (C=O) groups excluding carboxylic acids is 1. The Morgan fingerprint density at radius 2 is 1.68 bits per heavy atom. The van der Waals surface area contributed by atoms with Crippen LogP contribution in [0.4, 0.5) is 5.69 Å². The number of nitrogens with zero attached hydrogens (tertiary/aromatic N) is 2. The largest absolute Gasteiger partial charge is 0.494 e. The van der Waals surface area contributed by atoms with Gasteiger partial charge in [0, 0.05) is 26.2 Å². The first-order valence-electron chi connectivity index (χ1n) is 9.91. The Morgan fingerprint density at radius 1 is 1.07 bits per heavy atom. The lowest BCUT2D eigenvalue weighted by atomic mass is 9.97. The van der Waals surface area contributed by atoms with E-state index < -0.39 is 0 Å². The first-order valence-corrected chi connectivity index (χ1v) is 9.91. The minimum Gasteiger partial charge on any atom is -0.494 e. The second-order valence-corrected chi connectivity index (χ2v) is 7.53. The average molecular weight is 383 g/mol. The van der Waals surface area contributed by atoms with E-state index in [1.807, 2.05) is 31.2 Å². The minimum atomic E-state index is 0.150. The van der Waals surface area contributed by atoms with Crippen molar-refractivity contribution in [3.05, 3.63) is 54.1 Å². The van der Waals surface area contributed by atoms with Gasteiger partial charge in [-0.25, -0.2) is 0 Å². The maximum Gasteiger partial charge on any atom is 0.222 e. The molecule has 2 aromatic rings. The predicted octanol–water partition coefficient (Wildman–Crippen LogP) is 3.93. The van der Waals surface area contributed by atoms with Crippen molar-refractivity contribution in [2.75, 3.05) is 38.7 Å². The first-order chi connectivity index (χ1) is 13.5. The molecule has 1 heterocycles. The fraction of sp³-hybridized carbons (Fsp3) is 0.435. The van der Waals surface area contributed by atoms with Gasteiger partial charge in [-0.1, -0.05) is 19.1 Å². The third-order valence-corrected chi connectivity index (χ3v) is 5.09. The smallest absolute Gasteiger partial charge is 0.222 e. The minimum absolute atomic E-state index is 0.150. The van der Waals surface area contributed by atoms with E-state index in [9.17, 15) is 4.79 Å². The van der Waals surface area contributed by atoms with Crippen LogP contribution in [0, 0.1) is 0 Å². The Hall–Kier alpha value is -2.69. The molecule has 5 nitrogen and oxygen atoms in total. The van der Waals surface area contributed by atoms with Gasteiger partial charge in [0.1, 0.15) is 17.6 Å². The van der Waals surface area contributed by atoms with Crippen LogP contribution in [0.1, 0.15) is 31.7 Å². The summed E-state index contributed by atoms with van der Waals surface area (Å²) in [6, 6.07) is 16.3. The standard InChI is InChI=1S/C23H30N2O3/c1-5-27-20-12-8-19(9-13-20)25-15-22(16-25)28-21-10-6-18(7-11-21)17(2)14-23(26)24(3)4/h6-13,17,22H,5,14-16H2,1-4H3/t17-/m1/s1. The summed E-state index contributed by atoms with van der Waals surface area (Å²) in [7, 11) is 3.59. The summed E-state index contributed by atoms with van der Waals surface area (Å²) in [5.41, 5.74) is 2.35. The van der Waals surface area contributed by atoms with E-state index in [0.717, 1.165) is 30.2 Å². The number of benzene rings is 2. The van der Waals surface area contributed by atoms with Crippen LogP contribution in [0.2, 0.25) is 0 Å². The molecule has 150 valence electrons. The zero-order valence-electron chi connectivity index (χ0n) is 17.2. The van der Waals surface area contributed by atoms with Gasteiger partial charge in [0.05, 0.1) is 19.7 Å². The lowest BCUT2D eigenvalue weighted by Gasteiger charge is -2.40. The topological polar surface area (TPSA) is 42.0 Å². The Labute approximate surface area is 167 Å². The molecule has 28 heavy (non-hydrogen) atoms. The van der Waals surface area contributed by atoms with Crippen molar-refractivity contribution in [3.63, 3.8) is 0 Å². The fourth-order valence-corrected chi connectivity index (χ4v) is 3.27. The molecule has 1 amide bonds. The Bertz CT molecular complexity index is 765. The molecule has 1 fully saturated rings. The van der Waals surface area contributed by atoms with Crippen LogP contribution in [-0.2, 0) is 4.79 Å². The Balaban J connectivity index is 1.47. The molecule has 1 aliphatic heterocycles. The van der Waals surface area contributed by atoms with Gasteiger partial charge >= 0.3 is 0 Å². The fourth-order valence-electron chi connectivity index (χ4n) is 3.27. The third kappa shape index (κ3) is 4.97. The number of amides is 1. The van der Waals surface area contributed by atoms with Gasteiger partial charge in [-0.2, -0.15) is 0 Å². The zero-order chi connectivity index (χ0) is 20.1. The van der Waals surface area contributed by atoms with Crippen LogP contribution in [-0.4, -0.2) is 50.7 Å². The van der Waals surface area contributed by atoms with Crippen molar-refractivity contribution in [2.24, 2.45) is 0 Å². The van der Waals surface area contributed by atoms with E-state index in [1.165, 1.54) is 5.69 Å². The normalized spacial score (nSPS) is 14.9. The summed E-state index contributed by atoms with van der Waals surface area (Å²) in [6.45, 7) is 6.51. The summed E-state index contributed by atoms with van der Waals surface area (Å²) in [5, 5.41) is 0. The zero-order valence-corrected chi connectivity index (χ0v) is 17.2. The number of carbonyl (C=O) groups is 1. The van der Waals surface area contributed by atoms with E-state index >= 15 is 0 Å². The third-order valence-electron chi connectivity index (χ3n) is 5.09. The van der Waals surface area contributed by atoms with E-state index in [2.05, 4.69) is 36.1 Å². The van der Waals surface area contributed by atoms with Gasteiger partial charge in [-0.3, -0.25) is 4.79 Å². The maximum atomic E-state index is 11.9. The quantitative estimate of drug-likeness (QED) is 0.694. The van der Waals surface area contributed by atoms with Gasteiger partial charge in [0.25, 0.3) is 0 Å². The van der Waals surface area contributed by atoms with E-state index in [1.54, 1.807) is 19.0 Å². The van der Waals surface area contributed by atoms with E-state index in [0.29, 0.717) is 13.0 Å². The Kier molecular flexibility index (Phi) is 6.45. The van der Waals surface area contributed by atoms with Gasteiger partial charge in [-0.15, -0.1) is 0 Å². The van der Waals surface area contributed by atoms with Crippen molar-refractivity contribution in [1.82, 2.24) is 4.90 Å². The summed E-state index contributed by atoms with van der Waals surface area (Å²) < 4.78 is 11.6. The van der Waals surface area contributed by atoms with Crippen LogP contribution in [0.5, 0.6) is 11.5 Å². The molecule has 0 aliphatic carbocycles.